The molecule has 0 saturated carbocycles. The van der Waals surface area contributed by atoms with Gasteiger partial charge < -0.3 is 14.2 Å². The van der Waals surface area contributed by atoms with Gasteiger partial charge in [-0.05, 0) is 61.5 Å². The van der Waals surface area contributed by atoms with E-state index in [-0.39, 0.29) is 5.91 Å². The third-order valence-corrected chi connectivity index (χ3v) is 4.42. The summed E-state index contributed by atoms with van der Waals surface area (Å²) in [5, 5.41) is 4.14. The number of aromatic nitrogens is 1. The normalized spacial score (nSPS) is 10.9. The van der Waals surface area contributed by atoms with Gasteiger partial charge in [0.2, 0.25) is 0 Å². The number of aryl methyl sites for hydroxylation is 1. The van der Waals surface area contributed by atoms with Gasteiger partial charge in [0.05, 0.1) is 19.0 Å². The largest absolute Gasteiger partial charge is 0.497 e. The Morgan fingerprint density at radius 1 is 1.11 bits per heavy atom. The van der Waals surface area contributed by atoms with Crippen molar-refractivity contribution in [2.24, 2.45) is 5.10 Å². The number of nitrogens with zero attached hydrogens (tertiary/aromatic N) is 3. The smallest absolute Gasteiger partial charge is 0.271 e. The van der Waals surface area contributed by atoms with Crippen LogP contribution in [-0.4, -0.2) is 37.9 Å². The van der Waals surface area contributed by atoms with Crippen molar-refractivity contribution in [3.8, 4) is 11.4 Å². The standard InChI is InChI=1S/C22H24N4O2/c1-16-8-9-20(26(16)18-10-12-21(28-4)13-11-18)15-23-24-22(27)17-6-5-7-19(14-17)25(2)3/h5-15H,1-4H3,(H,24,27)/b23-15+. The number of rotatable bonds is 6. The summed E-state index contributed by atoms with van der Waals surface area (Å²) >= 11 is 0. The highest BCUT2D eigenvalue weighted by molar-refractivity contribution is 5.95. The lowest BCUT2D eigenvalue weighted by Gasteiger charge is -2.13. The lowest BCUT2D eigenvalue weighted by molar-refractivity contribution is 0.0955. The predicted octanol–water partition coefficient (Wildman–Crippen LogP) is 3.62. The first-order chi connectivity index (χ1) is 13.5. The number of ether oxygens (including phenoxy) is 1. The molecule has 0 unspecified atom stereocenters. The van der Waals surface area contributed by atoms with Crippen LogP contribution >= 0.6 is 0 Å². The number of nitrogens with one attached hydrogen (secondary N) is 1. The van der Waals surface area contributed by atoms with Crippen molar-refractivity contribution in [2.45, 2.75) is 6.92 Å². The Hall–Kier alpha value is -3.54. The molecule has 0 atom stereocenters. The molecule has 0 radical (unpaired) electrons. The molecule has 1 amide bonds. The van der Waals surface area contributed by atoms with E-state index in [1.807, 2.05) is 80.5 Å². The second-order valence-electron chi connectivity index (χ2n) is 6.58. The number of carbonyl (C=O) groups is 1. The van der Waals surface area contributed by atoms with E-state index in [1.54, 1.807) is 19.4 Å². The molecule has 0 bridgehead atoms. The van der Waals surface area contributed by atoms with Gasteiger partial charge in [0, 0.05) is 36.7 Å². The van der Waals surface area contributed by atoms with Crippen LogP contribution in [0, 0.1) is 6.92 Å². The number of benzene rings is 2. The highest BCUT2D eigenvalue weighted by atomic mass is 16.5. The SMILES string of the molecule is COc1ccc(-n2c(C)ccc2/C=N/NC(=O)c2cccc(N(C)C)c2)cc1. The van der Waals surface area contributed by atoms with E-state index in [2.05, 4.69) is 15.1 Å². The van der Waals surface area contributed by atoms with Crippen LogP contribution in [0.25, 0.3) is 5.69 Å². The van der Waals surface area contributed by atoms with Gasteiger partial charge >= 0.3 is 0 Å². The van der Waals surface area contributed by atoms with Gasteiger partial charge in [-0.15, -0.1) is 0 Å². The van der Waals surface area contributed by atoms with E-state index in [0.717, 1.165) is 28.5 Å². The molecule has 3 aromatic rings. The van der Waals surface area contributed by atoms with E-state index < -0.39 is 0 Å². The molecular weight excluding hydrogens is 352 g/mol. The minimum atomic E-state index is -0.251. The molecule has 0 aliphatic heterocycles. The lowest BCUT2D eigenvalue weighted by Crippen LogP contribution is -2.18. The summed E-state index contributed by atoms with van der Waals surface area (Å²) in [7, 11) is 5.51. The number of hydrogen-bond acceptors (Lipinski definition) is 4. The number of hydrazone groups is 1. The van der Waals surface area contributed by atoms with Gasteiger partial charge in [0.15, 0.2) is 0 Å². The van der Waals surface area contributed by atoms with E-state index >= 15 is 0 Å². The van der Waals surface area contributed by atoms with E-state index in [1.165, 1.54) is 0 Å². The van der Waals surface area contributed by atoms with Crippen LogP contribution in [0.1, 0.15) is 21.7 Å². The summed E-state index contributed by atoms with van der Waals surface area (Å²) in [5.41, 5.74) is 7.04. The maximum absolute atomic E-state index is 12.4. The fraction of sp³-hybridized carbons (Fsp3) is 0.182. The Morgan fingerprint density at radius 3 is 2.54 bits per heavy atom. The van der Waals surface area contributed by atoms with Crippen molar-refractivity contribution in [3.63, 3.8) is 0 Å². The zero-order valence-electron chi connectivity index (χ0n) is 16.5. The van der Waals surface area contributed by atoms with Crippen LogP contribution in [0.2, 0.25) is 0 Å². The molecule has 0 aliphatic carbocycles. The van der Waals surface area contributed by atoms with Crippen LogP contribution in [0.15, 0.2) is 65.8 Å². The van der Waals surface area contributed by atoms with E-state index in [4.69, 9.17) is 4.74 Å². The first-order valence-electron chi connectivity index (χ1n) is 8.93. The summed E-state index contributed by atoms with van der Waals surface area (Å²) in [6.45, 7) is 2.02. The summed E-state index contributed by atoms with van der Waals surface area (Å²) in [5.74, 6) is 0.551. The van der Waals surface area contributed by atoms with Crippen LogP contribution in [0.4, 0.5) is 5.69 Å². The molecule has 0 aliphatic rings. The Labute approximate surface area is 165 Å². The van der Waals surface area contributed by atoms with Crippen molar-refractivity contribution in [2.75, 3.05) is 26.1 Å². The molecule has 1 N–H and O–H groups in total. The molecule has 6 heteroatoms. The average Bonchev–Trinajstić information content (AvgIpc) is 3.08. The highest BCUT2D eigenvalue weighted by Gasteiger charge is 2.08. The van der Waals surface area contributed by atoms with Crippen LogP contribution in [-0.2, 0) is 0 Å². The van der Waals surface area contributed by atoms with Crippen molar-refractivity contribution < 1.29 is 9.53 Å². The molecule has 144 valence electrons. The average molecular weight is 376 g/mol. The van der Waals surface area contributed by atoms with Crippen LogP contribution < -0.4 is 15.1 Å². The summed E-state index contributed by atoms with van der Waals surface area (Å²) in [6, 6.07) is 19.1. The summed E-state index contributed by atoms with van der Waals surface area (Å²) < 4.78 is 7.27. The molecule has 0 saturated heterocycles. The first kappa shape index (κ1) is 19.2. The van der Waals surface area contributed by atoms with Crippen molar-refractivity contribution in [1.82, 2.24) is 9.99 Å². The molecule has 0 fully saturated rings. The minimum Gasteiger partial charge on any atom is -0.497 e. The molecule has 3 rings (SSSR count). The number of carbonyl (C=O) groups excluding carboxylic acids is 1. The molecule has 28 heavy (non-hydrogen) atoms. The van der Waals surface area contributed by atoms with Crippen molar-refractivity contribution in [1.29, 1.82) is 0 Å². The van der Waals surface area contributed by atoms with Crippen LogP contribution in [0.5, 0.6) is 5.75 Å². The Kier molecular flexibility index (Phi) is 5.79. The van der Waals surface area contributed by atoms with Gasteiger partial charge in [-0.3, -0.25) is 4.79 Å². The lowest BCUT2D eigenvalue weighted by atomic mass is 10.2. The highest BCUT2D eigenvalue weighted by Crippen LogP contribution is 2.19. The van der Waals surface area contributed by atoms with Gasteiger partial charge in [0.1, 0.15) is 5.75 Å². The number of hydrogen-bond donors (Lipinski definition) is 1. The van der Waals surface area contributed by atoms with Crippen molar-refractivity contribution in [3.05, 3.63) is 77.6 Å². The summed E-state index contributed by atoms with van der Waals surface area (Å²) in [4.78, 5) is 14.3. The van der Waals surface area contributed by atoms with Crippen molar-refractivity contribution >= 4 is 17.8 Å². The third kappa shape index (κ3) is 4.23. The fourth-order valence-corrected chi connectivity index (χ4v) is 2.89. The Bertz CT molecular complexity index is 988. The van der Waals surface area contributed by atoms with E-state index in [9.17, 15) is 4.79 Å². The quantitative estimate of drug-likeness (QED) is 0.528. The number of amides is 1. The topological polar surface area (TPSA) is 58.9 Å². The maximum Gasteiger partial charge on any atom is 0.271 e. The first-order valence-corrected chi connectivity index (χ1v) is 8.93. The molecule has 0 spiro atoms. The van der Waals surface area contributed by atoms with Gasteiger partial charge in [-0.25, -0.2) is 5.43 Å². The fourth-order valence-electron chi connectivity index (χ4n) is 2.89. The van der Waals surface area contributed by atoms with Gasteiger partial charge in [-0.1, -0.05) is 6.07 Å². The van der Waals surface area contributed by atoms with E-state index in [0.29, 0.717) is 5.56 Å². The molecular formula is C22H24N4O2. The molecule has 1 aromatic heterocycles. The number of methoxy groups -OCH3 is 1. The van der Waals surface area contributed by atoms with Gasteiger partial charge in [0.25, 0.3) is 5.91 Å². The monoisotopic (exact) mass is 376 g/mol. The number of anilines is 1. The second kappa shape index (κ2) is 8.43. The predicted molar refractivity (Wildman–Crippen MR) is 113 cm³/mol. The molecule has 2 aromatic carbocycles. The zero-order chi connectivity index (χ0) is 20.1. The Morgan fingerprint density at radius 2 is 1.86 bits per heavy atom. The second-order valence-corrected chi connectivity index (χ2v) is 6.58. The minimum absolute atomic E-state index is 0.251. The third-order valence-electron chi connectivity index (χ3n) is 4.42. The Balaban J connectivity index is 1.76. The van der Waals surface area contributed by atoms with Gasteiger partial charge in [-0.2, -0.15) is 5.10 Å². The zero-order valence-corrected chi connectivity index (χ0v) is 16.5. The molecule has 1 heterocycles. The van der Waals surface area contributed by atoms with Crippen LogP contribution in [0.3, 0.4) is 0 Å². The molecule has 6 nitrogen and oxygen atoms in total. The summed E-state index contributed by atoms with van der Waals surface area (Å²) in [6.07, 6.45) is 1.64. The maximum atomic E-state index is 12.4.